The van der Waals surface area contributed by atoms with Crippen molar-refractivity contribution in [1.82, 2.24) is 10.3 Å². The van der Waals surface area contributed by atoms with Gasteiger partial charge < -0.3 is 10.1 Å². The van der Waals surface area contributed by atoms with Crippen LogP contribution in [0.3, 0.4) is 0 Å². The molecule has 0 spiro atoms. The lowest BCUT2D eigenvalue weighted by molar-refractivity contribution is -0.119. The third-order valence-corrected chi connectivity index (χ3v) is 3.18. The summed E-state index contributed by atoms with van der Waals surface area (Å²) >= 11 is 1.33. The van der Waals surface area contributed by atoms with Gasteiger partial charge in [-0.1, -0.05) is 30.3 Å². The van der Waals surface area contributed by atoms with Gasteiger partial charge in [0.25, 0.3) is 0 Å². The molecule has 0 radical (unpaired) electrons. The second kappa shape index (κ2) is 6.81. The van der Waals surface area contributed by atoms with Gasteiger partial charge in [-0.15, -0.1) is 11.3 Å². The van der Waals surface area contributed by atoms with Gasteiger partial charge in [0, 0.05) is 12.3 Å². The van der Waals surface area contributed by atoms with E-state index >= 15 is 0 Å². The molecular formula is C14H14N2O3S. The Labute approximate surface area is 120 Å². The average Bonchev–Trinajstić information content (AvgIpc) is 2.98. The molecule has 1 atom stereocenters. The Bertz CT molecular complexity index is 569. The number of benzene rings is 1. The molecule has 0 saturated carbocycles. The SMILES string of the molecule is CC(=O)NC[C@@H](OC(=O)c1cscn1)c1ccccc1. The predicted molar refractivity (Wildman–Crippen MR) is 75.4 cm³/mol. The summed E-state index contributed by atoms with van der Waals surface area (Å²) in [5.74, 6) is -0.666. The van der Waals surface area contributed by atoms with Crippen molar-refractivity contribution in [3.63, 3.8) is 0 Å². The molecule has 5 nitrogen and oxygen atoms in total. The quantitative estimate of drug-likeness (QED) is 0.857. The molecule has 2 aromatic rings. The second-order valence-corrected chi connectivity index (χ2v) is 4.83. The van der Waals surface area contributed by atoms with E-state index in [0.29, 0.717) is 0 Å². The first-order chi connectivity index (χ1) is 9.66. The molecule has 0 fully saturated rings. The Morgan fingerprint density at radius 1 is 1.35 bits per heavy atom. The summed E-state index contributed by atoms with van der Waals surface area (Å²) in [5, 5.41) is 4.29. The maximum absolute atomic E-state index is 11.9. The number of rotatable bonds is 5. The van der Waals surface area contributed by atoms with Gasteiger partial charge in [-0.2, -0.15) is 0 Å². The first-order valence-electron chi connectivity index (χ1n) is 6.05. The minimum Gasteiger partial charge on any atom is -0.451 e. The topological polar surface area (TPSA) is 68.3 Å². The smallest absolute Gasteiger partial charge is 0.358 e. The highest BCUT2D eigenvalue weighted by Crippen LogP contribution is 2.18. The number of thiazole rings is 1. The van der Waals surface area contributed by atoms with E-state index in [9.17, 15) is 9.59 Å². The van der Waals surface area contributed by atoms with Crippen LogP contribution in [0.4, 0.5) is 0 Å². The number of esters is 1. The minimum absolute atomic E-state index is 0.171. The maximum Gasteiger partial charge on any atom is 0.358 e. The number of nitrogens with zero attached hydrogens (tertiary/aromatic N) is 1. The Kier molecular flexibility index (Phi) is 4.84. The van der Waals surface area contributed by atoms with Crippen LogP contribution in [0, 0.1) is 0 Å². The first kappa shape index (κ1) is 14.2. The standard InChI is InChI=1S/C14H14N2O3S/c1-10(17)15-7-13(11-5-3-2-4-6-11)19-14(18)12-8-20-9-16-12/h2-6,8-9,13H,7H2,1H3,(H,15,17)/t13-/m1/s1. The molecular weight excluding hydrogens is 276 g/mol. The Hall–Kier alpha value is -2.21. The number of nitrogens with one attached hydrogen (secondary N) is 1. The summed E-state index contributed by atoms with van der Waals surface area (Å²) in [6, 6.07) is 9.28. The van der Waals surface area contributed by atoms with Crippen molar-refractivity contribution >= 4 is 23.2 Å². The van der Waals surface area contributed by atoms with Crippen molar-refractivity contribution in [2.75, 3.05) is 6.54 Å². The molecule has 1 aromatic heterocycles. The molecule has 6 heteroatoms. The molecule has 0 aliphatic rings. The molecule has 0 bridgehead atoms. The molecule has 0 aliphatic carbocycles. The maximum atomic E-state index is 11.9. The Morgan fingerprint density at radius 3 is 2.70 bits per heavy atom. The zero-order valence-electron chi connectivity index (χ0n) is 10.9. The lowest BCUT2D eigenvalue weighted by Crippen LogP contribution is -2.28. The van der Waals surface area contributed by atoms with Crippen molar-refractivity contribution < 1.29 is 14.3 Å². The van der Waals surface area contributed by atoms with Gasteiger partial charge in [0.15, 0.2) is 5.69 Å². The van der Waals surface area contributed by atoms with E-state index in [1.807, 2.05) is 30.3 Å². The summed E-state index contributed by atoms with van der Waals surface area (Å²) < 4.78 is 5.42. The van der Waals surface area contributed by atoms with Crippen LogP contribution >= 0.6 is 11.3 Å². The predicted octanol–water partition coefficient (Wildman–Crippen LogP) is 2.18. The number of carbonyl (C=O) groups excluding carboxylic acids is 2. The summed E-state index contributed by atoms with van der Waals surface area (Å²) in [5.41, 5.74) is 2.67. The van der Waals surface area contributed by atoms with Crippen molar-refractivity contribution in [2.45, 2.75) is 13.0 Å². The molecule has 20 heavy (non-hydrogen) atoms. The summed E-state index contributed by atoms with van der Waals surface area (Å²) in [7, 11) is 0. The van der Waals surface area contributed by atoms with Crippen molar-refractivity contribution in [2.24, 2.45) is 0 Å². The van der Waals surface area contributed by atoms with Gasteiger partial charge in [0.05, 0.1) is 12.1 Å². The highest BCUT2D eigenvalue weighted by Gasteiger charge is 2.19. The first-order valence-corrected chi connectivity index (χ1v) is 6.99. The number of amides is 1. The van der Waals surface area contributed by atoms with Crippen LogP contribution in [0.2, 0.25) is 0 Å². The largest absolute Gasteiger partial charge is 0.451 e. The monoisotopic (exact) mass is 290 g/mol. The van der Waals surface area contributed by atoms with E-state index in [-0.39, 0.29) is 18.1 Å². The molecule has 1 heterocycles. The summed E-state index contributed by atoms with van der Waals surface area (Å²) in [6.07, 6.45) is -0.533. The zero-order chi connectivity index (χ0) is 14.4. The van der Waals surface area contributed by atoms with Crippen LogP contribution in [0.5, 0.6) is 0 Å². The zero-order valence-corrected chi connectivity index (χ0v) is 11.7. The fourth-order valence-electron chi connectivity index (χ4n) is 1.63. The fourth-order valence-corrected chi connectivity index (χ4v) is 2.16. The summed E-state index contributed by atoms with van der Waals surface area (Å²) in [6.45, 7) is 1.65. The van der Waals surface area contributed by atoms with E-state index in [2.05, 4.69) is 10.3 Å². The van der Waals surface area contributed by atoms with Crippen molar-refractivity contribution in [3.05, 3.63) is 52.5 Å². The van der Waals surface area contributed by atoms with Crippen LogP contribution < -0.4 is 5.32 Å². The molecule has 0 saturated heterocycles. The van der Waals surface area contributed by atoms with Gasteiger partial charge in [0.1, 0.15) is 6.10 Å². The van der Waals surface area contributed by atoms with Crippen LogP contribution in [-0.4, -0.2) is 23.4 Å². The lowest BCUT2D eigenvalue weighted by Gasteiger charge is -2.18. The van der Waals surface area contributed by atoms with E-state index in [4.69, 9.17) is 4.74 Å². The highest BCUT2D eigenvalue weighted by atomic mass is 32.1. The number of aromatic nitrogens is 1. The highest BCUT2D eigenvalue weighted by molar-refractivity contribution is 7.07. The number of ether oxygens (including phenoxy) is 1. The van der Waals surface area contributed by atoms with Gasteiger partial charge in [-0.3, -0.25) is 4.79 Å². The van der Waals surface area contributed by atoms with Crippen LogP contribution in [0.1, 0.15) is 29.1 Å². The van der Waals surface area contributed by atoms with Crippen LogP contribution in [-0.2, 0) is 9.53 Å². The molecule has 104 valence electrons. The van der Waals surface area contributed by atoms with Gasteiger partial charge >= 0.3 is 5.97 Å². The fraction of sp³-hybridized carbons (Fsp3) is 0.214. The van der Waals surface area contributed by atoms with E-state index in [1.54, 1.807) is 10.9 Å². The van der Waals surface area contributed by atoms with Crippen LogP contribution in [0.25, 0.3) is 0 Å². The molecule has 1 N–H and O–H groups in total. The average molecular weight is 290 g/mol. The van der Waals surface area contributed by atoms with Gasteiger partial charge in [0.2, 0.25) is 5.91 Å². The summed E-state index contributed by atoms with van der Waals surface area (Å²) in [4.78, 5) is 26.9. The Balaban J connectivity index is 2.10. The normalized spacial score (nSPS) is 11.7. The van der Waals surface area contributed by atoms with Gasteiger partial charge in [-0.05, 0) is 5.56 Å². The van der Waals surface area contributed by atoms with Crippen molar-refractivity contribution in [3.8, 4) is 0 Å². The van der Waals surface area contributed by atoms with E-state index in [1.165, 1.54) is 18.3 Å². The number of hydrogen-bond acceptors (Lipinski definition) is 5. The lowest BCUT2D eigenvalue weighted by atomic mass is 10.1. The van der Waals surface area contributed by atoms with Crippen LogP contribution in [0.15, 0.2) is 41.2 Å². The Morgan fingerprint density at radius 2 is 2.10 bits per heavy atom. The second-order valence-electron chi connectivity index (χ2n) is 4.12. The third kappa shape index (κ3) is 3.89. The third-order valence-electron chi connectivity index (χ3n) is 2.60. The molecule has 1 amide bonds. The van der Waals surface area contributed by atoms with Gasteiger partial charge in [-0.25, -0.2) is 9.78 Å². The number of hydrogen-bond donors (Lipinski definition) is 1. The molecule has 1 aromatic carbocycles. The van der Waals surface area contributed by atoms with Crippen molar-refractivity contribution in [1.29, 1.82) is 0 Å². The molecule has 0 aliphatic heterocycles. The molecule has 0 unspecified atom stereocenters. The van der Waals surface area contributed by atoms with E-state index in [0.717, 1.165) is 5.56 Å². The minimum atomic E-state index is -0.533. The number of carbonyl (C=O) groups is 2. The van der Waals surface area contributed by atoms with E-state index < -0.39 is 12.1 Å². The molecule has 2 rings (SSSR count).